The smallest absolute Gasteiger partial charge is 0.232 e. The number of ether oxygens (including phenoxy) is 2. The first kappa shape index (κ1) is 17.8. The van der Waals surface area contributed by atoms with Gasteiger partial charge in [-0.15, -0.1) is 10.2 Å². The third-order valence-electron chi connectivity index (χ3n) is 3.52. The Bertz CT molecular complexity index is 725. The highest BCUT2D eigenvalue weighted by molar-refractivity contribution is 8.01. The van der Waals surface area contributed by atoms with Crippen molar-refractivity contribution in [3.05, 3.63) is 24.3 Å². The molecule has 9 heteroatoms. The molecule has 25 heavy (non-hydrogen) atoms. The molecular formula is C16H20N4O3S2. The van der Waals surface area contributed by atoms with Gasteiger partial charge in [-0.25, -0.2) is 0 Å². The van der Waals surface area contributed by atoms with E-state index in [1.807, 2.05) is 31.2 Å². The van der Waals surface area contributed by atoms with Crippen LogP contribution >= 0.6 is 23.1 Å². The second-order valence-electron chi connectivity index (χ2n) is 5.46. The highest BCUT2D eigenvalue weighted by Gasteiger charge is 2.23. The number of carbonyl (C=O) groups excluding carboxylic acids is 1. The number of fused-ring (bicyclic) bond motifs is 1. The summed E-state index contributed by atoms with van der Waals surface area (Å²) in [5.74, 6) is 1.81. The number of benzene rings is 1. The molecule has 0 unspecified atom stereocenters. The number of thioether (sulfide) groups is 1. The van der Waals surface area contributed by atoms with Crippen LogP contribution in [0.15, 0.2) is 28.6 Å². The number of nitrogens with zero attached hydrogens (tertiary/aromatic N) is 3. The van der Waals surface area contributed by atoms with Crippen LogP contribution in [0.1, 0.15) is 6.92 Å². The van der Waals surface area contributed by atoms with Crippen molar-refractivity contribution in [1.82, 2.24) is 15.1 Å². The van der Waals surface area contributed by atoms with Crippen molar-refractivity contribution in [3.8, 4) is 11.5 Å². The van der Waals surface area contributed by atoms with Crippen LogP contribution in [0.2, 0.25) is 0 Å². The number of hydrogen-bond acceptors (Lipinski definition) is 8. The van der Waals surface area contributed by atoms with E-state index in [1.54, 1.807) is 11.9 Å². The van der Waals surface area contributed by atoms with Crippen molar-refractivity contribution in [1.29, 1.82) is 0 Å². The van der Waals surface area contributed by atoms with Crippen molar-refractivity contribution >= 4 is 34.1 Å². The summed E-state index contributed by atoms with van der Waals surface area (Å²) in [6, 6.07) is 7.56. The first-order chi connectivity index (χ1) is 12.2. The summed E-state index contributed by atoms with van der Waals surface area (Å²) >= 11 is 2.85. The van der Waals surface area contributed by atoms with Gasteiger partial charge in [-0.2, -0.15) is 0 Å². The van der Waals surface area contributed by atoms with Gasteiger partial charge < -0.3 is 19.7 Å². The Labute approximate surface area is 154 Å². The molecule has 1 N–H and O–H groups in total. The second-order valence-corrected chi connectivity index (χ2v) is 7.66. The number of aromatic nitrogens is 2. The van der Waals surface area contributed by atoms with Crippen molar-refractivity contribution in [2.75, 3.05) is 37.8 Å². The molecule has 1 atom stereocenters. The van der Waals surface area contributed by atoms with Gasteiger partial charge >= 0.3 is 0 Å². The van der Waals surface area contributed by atoms with Crippen LogP contribution in [0.5, 0.6) is 11.5 Å². The van der Waals surface area contributed by atoms with Gasteiger partial charge in [-0.3, -0.25) is 4.79 Å². The number of likely N-dealkylation sites (N-methyl/N-ethyl adjacent to an activating group) is 1. The fraction of sp³-hybridized carbons (Fsp3) is 0.438. The van der Waals surface area contributed by atoms with Crippen molar-refractivity contribution in [2.45, 2.75) is 17.4 Å². The van der Waals surface area contributed by atoms with Gasteiger partial charge in [0.2, 0.25) is 11.0 Å². The number of carbonyl (C=O) groups is 1. The number of hydrogen-bond donors (Lipinski definition) is 1. The van der Waals surface area contributed by atoms with Crippen LogP contribution in [0, 0.1) is 0 Å². The standard InChI is InChI=1S/C16H20N4O3S2/c1-3-17-15-18-19-16(25-15)24-10-14(21)20(2)8-11-9-22-12-6-4-5-7-13(12)23-11/h4-7,11H,3,8-10H2,1-2H3,(H,17,18)/t11-/m0/s1. The molecule has 1 amide bonds. The maximum Gasteiger partial charge on any atom is 0.232 e. The Morgan fingerprint density at radius 2 is 2.20 bits per heavy atom. The van der Waals surface area contributed by atoms with Crippen LogP contribution in [0.4, 0.5) is 5.13 Å². The predicted octanol–water partition coefficient (Wildman–Crippen LogP) is 2.36. The molecular weight excluding hydrogens is 360 g/mol. The molecule has 0 spiro atoms. The van der Waals surface area contributed by atoms with Gasteiger partial charge in [0.1, 0.15) is 6.61 Å². The molecule has 0 aliphatic carbocycles. The zero-order valence-electron chi connectivity index (χ0n) is 14.1. The van der Waals surface area contributed by atoms with E-state index >= 15 is 0 Å². The summed E-state index contributed by atoms with van der Waals surface area (Å²) < 4.78 is 12.4. The molecule has 0 radical (unpaired) electrons. The Hall–Kier alpha value is -2.00. The molecule has 2 aromatic rings. The third-order valence-corrected chi connectivity index (χ3v) is 5.52. The first-order valence-electron chi connectivity index (χ1n) is 7.98. The molecule has 1 aromatic heterocycles. The quantitative estimate of drug-likeness (QED) is 0.739. The van der Waals surface area contributed by atoms with E-state index in [-0.39, 0.29) is 12.0 Å². The van der Waals surface area contributed by atoms with E-state index < -0.39 is 0 Å². The maximum absolute atomic E-state index is 12.3. The van der Waals surface area contributed by atoms with Gasteiger partial charge in [-0.1, -0.05) is 35.2 Å². The van der Waals surface area contributed by atoms with E-state index in [0.717, 1.165) is 27.5 Å². The van der Waals surface area contributed by atoms with Crippen molar-refractivity contribution in [2.24, 2.45) is 0 Å². The molecule has 1 aliphatic heterocycles. The Morgan fingerprint density at radius 1 is 1.40 bits per heavy atom. The van der Waals surface area contributed by atoms with Crippen LogP contribution in [-0.2, 0) is 4.79 Å². The van der Waals surface area contributed by atoms with E-state index in [9.17, 15) is 4.79 Å². The highest BCUT2D eigenvalue weighted by atomic mass is 32.2. The van der Waals surface area contributed by atoms with Crippen LogP contribution in [-0.4, -0.2) is 59.6 Å². The number of para-hydroxylation sites is 2. The van der Waals surface area contributed by atoms with E-state index in [4.69, 9.17) is 9.47 Å². The summed E-state index contributed by atoms with van der Waals surface area (Å²) in [6.45, 7) is 3.71. The third kappa shape index (κ3) is 4.76. The largest absolute Gasteiger partial charge is 0.486 e. The summed E-state index contributed by atoms with van der Waals surface area (Å²) in [4.78, 5) is 14.0. The monoisotopic (exact) mass is 380 g/mol. The number of anilines is 1. The Kier molecular flexibility index (Phi) is 5.98. The average molecular weight is 380 g/mol. The van der Waals surface area contributed by atoms with Gasteiger partial charge in [0, 0.05) is 13.6 Å². The molecule has 0 fully saturated rings. The Balaban J connectivity index is 1.46. The molecule has 0 bridgehead atoms. The predicted molar refractivity (Wildman–Crippen MR) is 98.8 cm³/mol. The minimum Gasteiger partial charge on any atom is -0.486 e. The number of amides is 1. The van der Waals surface area contributed by atoms with Crippen molar-refractivity contribution < 1.29 is 14.3 Å². The van der Waals surface area contributed by atoms with Crippen LogP contribution in [0.3, 0.4) is 0 Å². The molecule has 134 valence electrons. The summed E-state index contributed by atoms with van der Waals surface area (Å²) in [5, 5.41) is 12.0. The first-order valence-corrected chi connectivity index (χ1v) is 9.78. The lowest BCUT2D eigenvalue weighted by atomic mass is 10.2. The lowest BCUT2D eigenvalue weighted by molar-refractivity contribution is -0.128. The van der Waals surface area contributed by atoms with Crippen LogP contribution < -0.4 is 14.8 Å². The fourth-order valence-corrected chi connectivity index (χ4v) is 4.05. The summed E-state index contributed by atoms with van der Waals surface area (Å²) in [5.41, 5.74) is 0. The molecule has 7 nitrogen and oxygen atoms in total. The molecule has 1 aliphatic rings. The number of rotatable bonds is 7. The molecule has 2 heterocycles. The minimum atomic E-state index is -0.171. The minimum absolute atomic E-state index is 0.0210. The summed E-state index contributed by atoms with van der Waals surface area (Å²) in [6.07, 6.45) is -0.171. The van der Waals surface area contributed by atoms with Gasteiger partial charge in [0.05, 0.1) is 12.3 Å². The molecule has 1 aromatic carbocycles. The van der Waals surface area contributed by atoms with E-state index in [0.29, 0.717) is 18.9 Å². The van der Waals surface area contributed by atoms with E-state index in [2.05, 4.69) is 15.5 Å². The van der Waals surface area contributed by atoms with Gasteiger partial charge in [0.25, 0.3) is 0 Å². The van der Waals surface area contributed by atoms with Crippen LogP contribution in [0.25, 0.3) is 0 Å². The topological polar surface area (TPSA) is 76.6 Å². The molecule has 3 rings (SSSR count). The SMILES string of the molecule is CCNc1nnc(SCC(=O)N(C)C[C@H]2COc3ccccc3O2)s1. The van der Waals surface area contributed by atoms with Gasteiger partial charge in [-0.05, 0) is 19.1 Å². The van der Waals surface area contributed by atoms with E-state index in [1.165, 1.54) is 23.1 Å². The zero-order valence-corrected chi connectivity index (χ0v) is 15.7. The van der Waals surface area contributed by atoms with Crippen molar-refractivity contribution in [3.63, 3.8) is 0 Å². The maximum atomic E-state index is 12.3. The van der Waals surface area contributed by atoms with Gasteiger partial charge in [0.15, 0.2) is 21.9 Å². The fourth-order valence-electron chi connectivity index (χ4n) is 2.28. The highest BCUT2D eigenvalue weighted by Crippen LogP contribution is 2.31. The zero-order chi connectivity index (χ0) is 17.6. The Morgan fingerprint density at radius 3 is 3.00 bits per heavy atom. The average Bonchev–Trinajstić information content (AvgIpc) is 3.07. The molecule has 0 saturated carbocycles. The number of nitrogens with one attached hydrogen (secondary N) is 1. The lowest BCUT2D eigenvalue weighted by Gasteiger charge is -2.29. The molecule has 0 saturated heterocycles. The summed E-state index contributed by atoms with van der Waals surface area (Å²) in [7, 11) is 1.77. The lowest BCUT2D eigenvalue weighted by Crippen LogP contribution is -2.42. The second kappa shape index (κ2) is 8.39. The normalized spacial score (nSPS) is 15.7.